The SMILES string of the molecule is FC(F)(F)Oc1cccc(CNCC2C3CN(Cc4cccc5ccccc45)CC23)c1. The molecule has 1 saturated heterocycles. The topological polar surface area (TPSA) is 24.5 Å². The zero-order valence-electron chi connectivity index (χ0n) is 17.1. The van der Waals surface area contributed by atoms with Gasteiger partial charge in [-0.15, -0.1) is 13.2 Å². The summed E-state index contributed by atoms with van der Waals surface area (Å²) in [6.07, 6.45) is -4.66. The standard InChI is InChI=1S/C25H25F3N2O/c26-25(27,28)31-20-9-3-5-17(11-20)12-29-13-22-23-15-30(16-24(22)23)14-19-8-4-7-18-6-1-2-10-21(18)19/h1-11,22-24,29H,12-16H2. The molecule has 0 radical (unpaired) electrons. The number of fused-ring (bicyclic) bond motifs is 2. The fourth-order valence-electron chi connectivity index (χ4n) is 5.08. The summed E-state index contributed by atoms with van der Waals surface area (Å²) in [6, 6.07) is 21.2. The van der Waals surface area contributed by atoms with Crippen LogP contribution < -0.4 is 10.1 Å². The van der Waals surface area contributed by atoms with Crippen LogP contribution >= 0.6 is 0 Å². The molecule has 3 aromatic carbocycles. The van der Waals surface area contributed by atoms with E-state index in [1.54, 1.807) is 6.07 Å². The van der Waals surface area contributed by atoms with E-state index in [1.165, 1.54) is 28.5 Å². The normalized spacial score (nSPS) is 23.1. The summed E-state index contributed by atoms with van der Waals surface area (Å²) in [4.78, 5) is 2.55. The average Bonchev–Trinajstić information content (AvgIpc) is 3.18. The molecule has 0 amide bonds. The molecule has 0 bridgehead atoms. The van der Waals surface area contributed by atoms with Gasteiger partial charge in [-0.05, 0) is 58.3 Å². The predicted octanol–water partition coefficient (Wildman–Crippen LogP) is 5.21. The van der Waals surface area contributed by atoms with Crippen LogP contribution in [0.4, 0.5) is 13.2 Å². The van der Waals surface area contributed by atoms with Gasteiger partial charge in [-0.25, -0.2) is 0 Å². The second-order valence-corrected chi connectivity index (χ2v) is 8.65. The van der Waals surface area contributed by atoms with Gasteiger partial charge in [-0.1, -0.05) is 54.6 Å². The van der Waals surface area contributed by atoms with Crippen LogP contribution in [0.15, 0.2) is 66.7 Å². The molecule has 1 N–H and O–H groups in total. The maximum Gasteiger partial charge on any atom is 0.573 e. The van der Waals surface area contributed by atoms with Gasteiger partial charge in [0.15, 0.2) is 0 Å². The second kappa shape index (κ2) is 8.17. The number of halogens is 3. The molecule has 2 fully saturated rings. The highest BCUT2D eigenvalue weighted by molar-refractivity contribution is 5.85. The van der Waals surface area contributed by atoms with E-state index in [1.807, 2.05) is 6.07 Å². The average molecular weight is 426 g/mol. The first-order chi connectivity index (χ1) is 15.0. The number of alkyl halides is 3. The van der Waals surface area contributed by atoms with Crippen molar-refractivity contribution in [3.8, 4) is 5.75 Å². The molecule has 1 saturated carbocycles. The van der Waals surface area contributed by atoms with Crippen LogP contribution in [-0.4, -0.2) is 30.9 Å². The third-order valence-corrected chi connectivity index (χ3v) is 6.56. The third kappa shape index (κ3) is 4.70. The number of nitrogens with one attached hydrogen (secondary N) is 1. The maximum atomic E-state index is 12.4. The Morgan fingerprint density at radius 1 is 0.935 bits per heavy atom. The van der Waals surface area contributed by atoms with Gasteiger partial charge in [-0.2, -0.15) is 0 Å². The van der Waals surface area contributed by atoms with Gasteiger partial charge in [0.05, 0.1) is 0 Å². The number of nitrogens with zero attached hydrogens (tertiary/aromatic N) is 1. The van der Waals surface area contributed by atoms with Crippen molar-refractivity contribution in [2.75, 3.05) is 19.6 Å². The Labute approximate surface area is 179 Å². The molecule has 6 heteroatoms. The van der Waals surface area contributed by atoms with Crippen molar-refractivity contribution in [2.45, 2.75) is 19.5 Å². The van der Waals surface area contributed by atoms with E-state index in [4.69, 9.17) is 0 Å². The van der Waals surface area contributed by atoms with Crippen molar-refractivity contribution in [3.05, 3.63) is 77.9 Å². The lowest BCUT2D eigenvalue weighted by Crippen LogP contribution is -2.27. The number of hydrogen-bond acceptors (Lipinski definition) is 3. The minimum Gasteiger partial charge on any atom is -0.406 e. The summed E-state index contributed by atoms with van der Waals surface area (Å²) in [5, 5.41) is 6.04. The van der Waals surface area contributed by atoms with Crippen molar-refractivity contribution < 1.29 is 17.9 Å². The van der Waals surface area contributed by atoms with Crippen molar-refractivity contribution in [2.24, 2.45) is 17.8 Å². The lowest BCUT2D eigenvalue weighted by atomic mass is 10.0. The molecule has 1 aliphatic carbocycles. The minimum absolute atomic E-state index is 0.167. The second-order valence-electron chi connectivity index (χ2n) is 8.65. The highest BCUT2D eigenvalue weighted by atomic mass is 19.4. The summed E-state index contributed by atoms with van der Waals surface area (Å²) in [6.45, 7) is 4.68. The van der Waals surface area contributed by atoms with E-state index >= 15 is 0 Å². The lowest BCUT2D eigenvalue weighted by molar-refractivity contribution is -0.274. The number of benzene rings is 3. The Morgan fingerprint density at radius 3 is 2.48 bits per heavy atom. The van der Waals surface area contributed by atoms with Crippen LogP contribution in [0.25, 0.3) is 10.8 Å². The number of piperidine rings is 1. The first-order valence-electron chi connectivity index (χ1n) is 10.7. The number of ether oxygens (including phenoxy) is 1. The molecular formula is C25H25F3N2O. The van der Waals surface area contributed by atoms with Gasteiger partial charge >= 0.3 is 6.36 Å². The van der Waals surface area contributed by atoms with Gasteiger partial charge < -0.3 is 10.1 Å². The molecule has 3 aromatic rings. The molecular weight excluding hydrogens is 401 g/mol. The van der Waals surface area contributed by atoms with Gasteiger partial charge in [0, 0.05) is 26.2 Å². The Morgan fingerprint density at radius 2 is 1.68 bits per heavy atom. The van der Waals surface area contributed by atoms with Gasteiger partial charge in [0.2, 0.25) is 0 Å². The fraction of sp³-hybridized carbons (Fsp3) is 0.360. The van der Waals surface area contributed by atoms with E-state index in [2.05, 4.69) is 57.4 Å². The molecule has 1 heterocycles. The summed E-state index contributed by atoms with van der Waals surface area (Å²) in [5.74, 6) is 1.95. The first-order valence-corrected chi connectivity index (χ1v) is 10.7. The molecule has 0 aromatic heterocycles. The molecule has 0 spiro atoms. The van der Waals surface area contributed by atoms with Gasteiger partial charge in [0.25, 0.3) is 0 Å². The zero-order valence-corrected chi connectivity index (χ0v) is 17.1. The molecule has 2 unspecified atom stereocenters. The first kappa shape index (κ1) is 20.3. The van der Waals surface area contributed by atoms with Gasteiger partial charge in [0.1, 0.15) is 5.75 Å². The number of rotatable bonds is 7. The van der Waals surface area contributed by atoms with E-state index in [-0.39, 0.29) is 5.75 Å². The van der Waals surface area contributed by atoms with E-state index in [0.717, 1.165) is 43.6 Å². The number of hydrogen-bond donors (Lipinski definition) is 1. The number of likely N-dealkylation sites (tertiary alicyclic amines) is 1. The molecule has 1 aliphatic heterocycles. The zero-order chi connectivity index (χ0) is 21.4. The smallest absolute Gasteiger partial charge is 0.406 e. The highest BCUT2D eigenvalue weighted by Gasteiger charge is 2.54. The molecule has 2 atom stereocenters. The third-order valence-electron chi connectivity index (χ3n) is 6.56. The van der Waals surface area contributed by atoms with Crippen LogP contribution in [0.3, 0.4) is 0 Å². The van der Waals surface area contributed by atoms with E-state index in [9.17, 15) is 13.2 Å². The van der Waals surface area contributed by atoms with Crippen LogP contribution in [0.2, 0.25) is 0 Å². The fourth-order valence-corrected chi connectivity index (χ4v) is 5.08. The largest absolute Gasteiger partial charge is 0.573 e. The molecule has 2 aliphatic rings. The monoisotopic (exact) mass is 426 g/mol. The Balaban J connectivity index is 1.09. The quantitative estimate of drug-likeness (QED) is 0.562. The van der Waals surface area contributed by atoms with Crippen molar-refractivity contribution in [1.29, 1.82) is 0 Å². The predicted molar refractivity (Wildman–Crippen MR) is 115 cm³/mol. The van der Waals surface area contributed by atoms with E-state index in [0.29, 0.717) is 12.5 Å². The summed E-state index contributed by atoms with van der Waals surface area (Å²) in [7, 11) is 0. The van der Waals surface area contributed by atoms with Gasteiger partial charge in [-0.3, -0.25) is 4.90 Å². The summed E-state index contributed by atoms with van der Waals surface area (Å²) in [5.41, 5.74) is 2.18. The minimum atomic E-state index is -4.66. The summed E-state index contributed by atoms with van der Waals surface area (Å²) < 4.78 is 41.1. The van der Waals surface area contributed by atoms with Crippen LogP contribution in [-0.2, 0) is 13.1 Å². The molecule has 5 rings (SSSR count). The van der Waals surface area contributed by atoms with Crippen LogP contribution in [0.5, 0.6) is 5.75 Å². The Hall–Kier alpha value is -2.57. The maximum absolute atomic E-state index is 12.4. The lowest BCUT2D eigenvalue weighted by Gasteiger charge is -2.20. The molecule has 162 valence electrons. The highest BCUT2D eigenvalue weighted by Crippen LogP contribution is 2.51. The molecule has 3 nitrogen and oxygen atoms in total. The molecule has 31 heavy (non-hydrogen) atoms. The van der Waals surface area contributed by atoms with Crippen LogP contribution in [0.1, 0.15) is 11.1 Å². The van der Waals surface area contributed by atoms with Crippen molar-refractivity contribution in [3.63, 3.8) is 0 Å². The van der Waals surface area contributed by atoms with E-state index < -0.39 is 6.36 Å². The van der Waals surface area contributed by atoms with Crippen LogP contribution in [0, 0.1) is 17.8 Å². The van der Waals surface area contributed by atoms with Crippen molar-refractivity contribution in [1.82, 2.24) is 10.2 Å². The Kier molecular flexibility index (Phi) is 5.36. The van der Waals surface area contributed by atoms with Crippen molar-refractivity contribution >= 4 is 10.8 Å². The Bertz CT molecular complexity index is 1050. The summed E-state index contributed by atoms with van der Waals surface area (Å²) >= 11 is 0.